The number of rotatable bonds is 12. The van der Waals surface area contributed by atoms with Crippen molar-refractivity contribution in [2.75, 3.05) is 27.4 Å². The number of hydrogen-bond acceptors (Lipinski definition) is 10. The fourth-order valence-electron chi connectivity index (χ4n) is 5.71. The Bertz CT molecular complexity index is 2260. The molecule has 0 spiro atoms. The Balaban J connectivity index is 1.37. The smallest absolute Gasteiger partial charge is 0.338 e. The number of nitrogens with zero attached hydrogens (tertiary/aromatic N) is 2. The van der Waals surface area contributed by atoms with Gasteiger partial charge in [0.2, 0.25) is 0 Å². The van der Waals surface area contributed by atoms with Gasteiger partial charge in [-0.3, -0.25) is 9.36 Å². The van der Waals surface area contributed by atoms with E-state index in [0.717, 1.165) is 11.1 Å². The van der Waals surface area contributed by atoms with Gasteiger partial charge in [-0.2, -0.15) is 0 Å². The molecule has 0 N–H and O–H groups in total. The predicted octanol–water partition coefficient (Wildman–Crippen LogP) is 5.71. The van der Waals surface area contributed by atoms with Crippen LogP contribution in [0.4, 0.5) is 0 Å². The zero-order valence-electron chi connectivity index (χ0n) is 28.6. The van der Waals surface area contributed by atoms with Crippen molar-refractivity contribution >= 4 is 35.0 Å². The van der Waals surface area contributed by atoms with E-state index in [1.165, 1.54) is 18.4 Å². The summed E-state index contributed by atoms with van der Waals surface area (Å²) in [6.45, 7) is 4.28. The minimum absolute atomic E-state index is 0.148. The molecule has 10 nitrogen and oxygen atoms in total. The molecule has 0 radical (unpaired) electrons. The van der Waals surface area contributed by atoms with E-state index in [4.69, 9.17) is 28.7 Å². The molecule has 11 heteroatoms. The molecular formula is C40H36N2O8S. The fraction of sp³-hybridized carbons (Fsp3) is 0.200. The van der Waals surface area contributed by atoms with Gasteiger partial charge in [0.05, 0.1) is 54.8 Å². The van der Waals surface area contributed by atoms with Crippen LogP contribution in [0.5, 0.6) is 17.2 Å². The second-order valence-corrected chi connectivity index (χ2v) is 12.3. The molecule has 2 heterocycles. The van der Waals surface area contributed by atoms with Crippen LogP contribution in [0.25, 0.3) is 11.8 Å². The van der Waals surface area contributed by atoms with E-state index in [0.29, 0.717) is 62.2 Å². The molecule has 0 bridgehead atoms. The summed E-state index contributed by atoms with van der Waals surface area (Å²) in [4.78, 5) is 45.3. The summed E-state index contributed by atoms with van der Waals surface area (Å²) >= 11 is 1.24. The lowest BCUT2D eigenvalue weighted by Gasteiger charge is -2.26. The van der Waals surface area contributed by atoms with Gasteiger partial charge in [0, 0.05) is 5.56 Å². The number of hydrogen-bond donors (Lipinski definition) is 0. The van der Waals surface area contributed by atoms with Gasteiger partial charge < -0.3 is 23.7 Å². The third kappa shape index (κ3) is 7.48. The van der Waals surface area contributed by atoms with Crippen LogP contribution >= 0.6 is 11.3 Å². The van der Waals surface area contributed by atoms with Crippen LogP contribution in [0.3, 0.4) is 0 Å². The first-order valence-corrected chi connectivity index (χ1v) is 17.2. The van der Waals surface area contributed by atoms with Crippen LogP contribution in [0.2, 0.25) is 0 Å². The van der Waals surface area contributed by atoms with Crippen LogP contribution in [0, 0.1) is 0 Å². The third-order valence-electron chi connectivity index (χ3n) is 8.15. The molecule has 0 amide bonds. The van der Waals surface area contributed by atoms with Gasteiger partial charge >= 0.3 is 11.9 Å². The molecule has 51 heavy (non-hydrogen) atoms. The Hall–Kier alpha value is -5.94. The van der Waals surface area contributed by atoms with Gasteiger partial charge in [-0.15, -0.1) is 0 Å². The van der Waals surface area contributed by atoms with Crippen LogP contribution in [-0.2, 0) is 20.9 Å². The monoisotopic (exact) mass is 704 g/mol. The average Bonchev–Trinajstić information content (AvgIpc) is 3.47. The quantitative estimate of drug-likeness (QED) is 0.152. The first-order valence-electron chi connectivity index (χ1n) is 16.3. The molecule has 260 valence electrons. The normalized spacial score (nSPS) is 14.0. The minimum Gasteiger partial charge on any atom is -0.493 e. The molecule has 0 saturated heterocycles. The highest BCUT2D eigenvalue weighted by atomic mass is 32.1. The lowest BCUT2D eigenvalue weighted by Crippen LogP contribution is -2.40. The first-order chi connectivity index (χ1) is 24.8. The second kappa shape index (κ2) is 15.7. The predicted molar refractivity (Wildman–Crippen MR) is 194 cm³/mol. The van der Waals surface area contributed by atoms with Crippen LogP contribution in [0.1, 0.15) is 52.5 Å². The van der Waals surface area contributed by atoms with Crippen molar-refractivity contribution in [3.63, 3.8) is 0 Å². The lowest BCUT2D eigenvalue weighted by molar-refractivity contribution is -0.138. The van der Waals surface area contributed by atoms with Crippen LogP contribution < -0.4 is 29.1 Å². The molecule has 0 fully saturated rings. The fourth-order valence-corrected chi connectivity index (χ4v) is 6.71. The molecule has 1 aliphatic rings. The maximum absolute atomic E-state index is 14.3. The number of esters is 2. The van der Waals surface area contributed by atoms with Gasteiger partial charge in [-0.05, 0) is 73.0 Å². The first kappa shape index (κ1) is 34.9. The van der Waals surface area contributed by atoms with E-state index in [1.54, 1.807) is 55.9 Å². The van der Waals surface area contributed by atoms with Crippen molar-refractivity contribution in [1.82, 2.24) is 4.57 Å². The number of carbonyl (C=O) groups is 2. The summed E-state index contributed by atoms with van der Waals surface area (Å²) < 4.78 is 29.6. The Kier molecular flexibility index (Phi) is 10.8. The Labute approximate surface area is 298 Å². The summed E-state index contributed by atoms with van der Waals surface area (Å²) in [6, 6.07) is 28.3. The minimum atomic E-state index is -0.861. The highest BCUT2D eigenvalue weighted by molar-refractivity contribution is 7.07. The molecule has 0 aliphatic carbocycles. The van der Waals surface area contributed by atoms with E-state index >= 15 is 0 Å². The highest BCUT2D eigenvalue weighted by Gasteiger charge is 2.35. The van der Waals surface area contributed by atoms with Crippen LogP contribution in [-0.4, -0.2) is 43.9 Å². The number of fused-ring (bicyclic) bond motifs is 1. The SMILES string of the molecule is CCOC(=O)C1=C(c2ccccc2)N=c2s/c(=C\c3ccc(OCc4ccc(C(=O)OCC)cc4)cc3)c(=O)n2[C@H]1c1ccc(OC)c(OC)c1. The van der Waals surface area contributed by atoms with Crippen molar-refractivity contribution in [3.8, 4) is 17.2 Å². The van der Waals surface area contributed by atoms with Gasteiger partial charge in [0.25, 0.3) is 5.56 Å². The number of thiazole rings is 1. The van der Waals surface area contributed by atoms with Gasteiger partial charge in [0.15, 0.2) is 16.3 Å². The lowest BCUT2D eigenvalue weighted by atomic mass is 9.93. The molecule has 0 unspecified atom stereocenters. The molecule has 1 aromatic heterocycles. The number of benzene rings is 4. The molecular weight excluding hydrogens is 669 g/mol. The maximum atomic E-state index is 14.3. The number of carbonyl (C=O) groups excluding carboxylic acids is 2. The second-order valence-electron chi connectivity index (χ2n) is 11.3. The van der Waals surface area contributed by atoms with E-state index in [-0.39, 0.29) is 23.7 Å². The van der Waals surface area contributed by atoms with E-state index in [2.05, 4.69) is 0 Å². The Morgan fingerprint density at radius 3 is 2.18 bits per heavy atom. The van der Waals surface area contributed by atoms with Crippen LogP contribution in [0.15, 0.2) is 112 Å². The standard InChI is InChI=1S/C40H36N2O8S/c1-5-48-38(44)28-16-12-26(13-17-28)24-50-30-19-14-25(15-20-30)22-33-37(43)42-36(29-18-21-31(46-3)32(23-29)47-4)34(39(45)49-6-2)35(41-40(42)51-33)27-10-8-7-9-11-27/h7-23,36H,5-6,24H2,1-4H3/b33-22-/t36-/m0/s1. The number of ether oxygens (including phenoxy) is 5. The van der Waals surface area contributed by atoms with E-state index < -0.39 is 12.0 Å². The van der Waals surface area contributed by atoms with E-state index in [9.17, 15) is 14.4 Å². The van der Waals surface area contributed by atoms with Crippen molar-refractivity contribution in [2.24, 2.45) is 4.99 Å². The van der Waals surface area contributed by atoms with Gasteiger partial charge in [-0.1, -0.05) is 72.0 Å². The molecule has 6 rings (SSSR count). The molecule has 1 atom stereocenters. The molecule has 1 aliphatic heterocycles. The topological polar surface area (TPSA) is 115 Å². The van der Waals surface area contributed by atoms with Gasteiger partial charge in [0.1, 0.15) is 12.4 Å². The van der Waals surface area contributed by atoms with E-state index in [1.807, 2.05) is 72.8 Å². The molecule has 0 saturated carbocycles. The van der Waals surface area contributed by atoms with Crippen molar-refractivity contribution in [3.05, 3.63) is 150 Å². The zero-order valence-corrected chi connectivity index (χ0v) is 29.4. The molecule has 5 aromatic rings. The summed E-state index contributed by atoms with van der Waals surface area (Å²) in [7, 11) is 3.08. The summed E-state index contributed by atoms with van der Waals surface area (Å²) in [6.07, 6.45) is 1.80. The Morgan fingerprint density at radius 1 is 0.824 bits per heavy atom. The third-order valence-corrected chi connectivity index (χ3v) is 9.13. The summed E-state index contributed by atoms with van der Waals surface area (Å²) in [5, 5.41) is 0. The van der Waals surface area contributed by atoms with Crippen molar-refractivity contribution in [1.29, 1.82) is 0 Å². The zero-order chi connectivity index (χ0) is 35.9. The average molecular weight is 705 g/mol. The van der Waals surface area contributed by atoms with Gasteiger partial charge in [-0.25, -0.2) is 14.6 Å². The molecule has 4 aromatic carbocycles. The maximum Gasteiger partial charge on any atom is 0.338 e. The summed E-state index contributed by atoms with van der Waals surface area (Å²) in [5.74, 6) is 0.677. The Morgan fingerprint density at radius 2 is 1.51 bits per heavy atom. The number of methoxy groups -OCH3 is 2. The van der Waals surface area contributed by atoms with Crippen molar-refractivity contribution < 1.29 is 33.3 Å². The highest BCUT2D eigenvalue weighted by Crippen LogP contribution is 2.38. The summed E-state index contributed by atoms with van der Waals surface area (Å²) in [5.41, 5.74) is 3.87. The number of aromatic nitrogens is 1. The largest absolute Gasteiger partial charge is 0.493 e. The van der Waals surface area contributed by atoms with Crippen molar-refractivity contribution in [2.45, 2.75) is 26.5 Å².